The van der Waals surface area contributed by atoms with Crippen LogP contribution in [0.1, 0.15) is 27.3 Å². The first-order chi connectivity index (χ1) is 10.1. The van der Waals surface area contributed by atoms with Crippen molar-refractivity contribution in [3.63, 3.8) is 0 Å². The minimum atomic E-state index is -0.986. The van der Waals surface area contributed by atoms with Crippen molar-refractivity contribution in [3.05, 3.63) is 59.0 Å². The van der Waals surface area contributed by atoms with Gasteiger partial charge in [-0.1, -0.05) is 29.8 Å². The second-order valence-electron chi connectivity index (χ2n) is 5.07. The molecular formula is C16H15N3O2. The van der Waals surface area contributed by atoms with Crippen molar-refractivity contribution in [3.8, 4) is 0 Å². The number of nitrogens with one attached hydrogen (secondary N) is 1. The van der Waals surface area contributed by atoms with Gasteiger partial charge in [0.25, 0.3) is 0 Å². The maximum atomic E-state index is 10.9. The standard InChI is InChI=1S/C16H15N3O2/c1-10-3-2-4-11(7-10)5-6-14-18-13-8-12(16(20)21)9-17-15(13)19-14/h2-4,7-9H,5-6H2,1H3,(H,20,21)(H,17,18,19). The summed E-state index contributed by atoms with van der Waals surface area (Å²) in [6, 6.07) is 9.93. The lowest BCUT2D eigenvalue weighted by molar-refractivity contribution is 0.0696. The molecule has 0 radical (unpaired) electrons. The molecular weight excluding hydrogens is 266 g/mol. The lowest BCUT2D eigenvalue weighted by Crippen LogP contribution is -1.96. The molecule has 0 spiro atoms. The van der Waals surface area contributed by atoms with E-state index in [4.69, 9.17) is 5.11 Å². The molecule has 0 atom stereocenters. The second-order valence-corrected chi connectivity index (χ2v) is 5.07. The number of nitrogens with zero attached hydrogens (tertiary/aromatic N) is 2. The Balaban J connectivity index is 1.80. The quantitative estimate of drug-likeness (QED) is 0.770. The van der Waals surface area contributed by atoms with Crippen LogP contribution in [-0.4, -0.2) is 26.0 Å². The van der Waals surface area contributed by atoms with Crippen molar-refractivity contribution < 1.29 is 9.90 Å². The third kappa shape index (κ3) is 2.91. The number of fused-ring (bicyclic) bond motifs is 1. The minimum Gasteiger partial charge on any atom is -0.478 e. The van der Waals surface area contributed by atoms with Crippen LogP contribution in [0.4, 0.5) is 0 Å². The molecule has 0 aliphatic carbocycles. The van der Waals surface area contributed by atoms with Crippen molar-refractivity contribution in [1.29, 1.82) is 0 Å². The summed E-state index contributed by atoms with van der Waals surface area (Å²) in [5.41, 5.74) is 3.88. The number of pyridine rings is 1. The van der Waals surface area contributed by atoms with E-state index in [0.717, 1.165) is 18.7 Å². The summed E-state index contributed by atoms with van der Waals surface area (Å²) in [5, 5.41) is 8.95. The smallest absolute Gasteiger partial charge is 0.337 e. The molecule has 2 heterocycles. The Morgan fingerprint density at radius 3 is 2.90 bits per heavy atom. The SMILES string of the molecule is Cc1cccc(CCc2nc3ncc(C(=O)O)cc3[nH]2)c1. The van der Waals surface area contributed by atoms with Crippen molar-refractivity contribution in [2.24, 2.45) is 0 Å². The lowest BCUT2D eigenvalue weighted by Gasteiger charge is -2.00. The van der Waals surface area contributed by atoms with Crippen molar-refractivity contribution >= 4 is 17.1 Å². The normalized spacial score (nSPS) is 10.9. The summed E-state index contributed by atoms with van der Waals surface area (Å²) < 4.78 is 0. The highest BCUT2D eigenvalue weighted by Gasteiger charge is 2.09. The zero-order valence-electron chi connectivity index (χ0n) is 11.6. The molecule has 1 aromatic carbocycles. The maximum Gasteiger partial charge on any atom is 0.337 e. The number of carbonyl (C=O) groups is 1. The minimum absolute atomic E-state index is 0.163. The van der Waals surface area contributed by atoms with Gasteiger partial charge in [0.1, 0.15) is 5.82 Å². The van der Waals surface area contributed by atoms with Crippen LogP contribution in [-0.2, 0) is 12.8 Å². The number of carboxylic acids is 1. The predicted molar refractivity (Wildman–Crippen MR) is 79.4 cm³/mol. The van der Waals surface area contributed by atoms with Crippen molar-refractivity contribution in [1.82, 2.24) is 15.0 Å². The van der Waals surface area contributed by atoms with Gasteiger partial charge in [0.05, 0.1) is 11.1 Å². The van der Waals surface area contributed by atoms with Crippen molar-refractivity contribution in [2.45, 2.75) is 19.8 Å². The molecule has 0 aliphatic rings. The van der Waals surface area contributed by atoms with E-state index < -0.39 is 5.97 Å². The molecule has 0 unspecified atom stereocenters. The molecule has 2 aromatic heterocycles. The predicted octanol–water partition coefficient (Wildman–Crippen LogP) is 2.75. The molecule has 5 heteroatoms. The van der Waals surface area contributed by atoms with E-state index in [9.17, 15) is 4.79 Å². The topological polar surface area (TPSA) is 78.9 Å². The van der Waals surface area contributed by atoms with Gasteiger partial charge in [-0.25, -0.2) is 14.8 Å². The van der Waals surface area contributed by atoms with Gasteiger partial charge in [0, 0.05) is 12.6 Å². The number of imidazole rings is 1. The molecule has 0 saturated heterocycles. The summed E-state index contributed by atoms with van der Waals surface area (Å²) >= 11 is 0. The van der Waals surface area contributed by atoms with E-state index in [-0.39, 0.29) is 5.56 Å². The zero-order chi connectivity index (χ0) is 14.8. The number of aromatic amines is 1. The number of benzene rings is 1. The first-order valence-electron chi connectivity index (χ1n) is 6.75. The molecule has 2 N–H and O–H groups in total. The van der Waals surface area contributed by atoms with Gasteiger partial charge in [-0.3, -0.25) is 0 Å². The Kier molecular flexibility index (Phi) is 3.39. The highest BCUT2D eigenvalue weighted by atomic mass is 16.4. The molecule has 106 valence electrons. The number of rotatable bonds is 4. The molecule has 3 rings (SSSR count). The lowest BCUT2D eigenvalue weighted by atomic mass is 10.1. The number of hydrogen-bond acceptors (Lipinski definition) is 3. The summed E-state index contributed by atoms with van der Waals surface area (Å²) in [6.45, 7) is 2.07. The fourth-order valence-electron chi connectivity index (χ4n) is 2.32. The average Bonchev–Trinajstić information content (AvgIpc) is 2.87. The van der Waals surface area contributed by atoms with Crippen LogP contribution < -0.4 is 0 Å². The third-order valence-electron chi connectivity index (χ3n) is 3.37. The summed E-state index contributed by atoms with van der Waals surface area (Å²) in [7, 11) is 0. The zero-order valence-corrected chi connectivity index (χ0v) is 11.6. The summed E-state index contributed by atoms with van der Waals surface area (Å²) in [4.78, 5) is 22.5. The number of aromatic nitrogens is 3. The number of hydrogen-bond donors (Lipinski definition) is 2. The average molecular weight is 281 g/mol. The second kappa shape index (κ2) is 5.36. The Bertz CT molecular complexity index is 808. The van der Waals surface area contributed by atoms with Crippen LogP contribution in [0.3, 0.4) is 0 Å². The van der Waals surface area contributed by atoms with Crippen LogP contribution in [0.5, 0.6) is 0 Å². The summed E-state index contributed by atoms with van der Waals surface area (Å²) in [5.74, 6) is -0.165. The van der Waals surface area contributed by atoms with E-state index in [1.165, 1.54) is 17.3 Å². The fourth-order valence-corrected chi connectivity index (χ4v) is 2.32. The fraction of sp³-hybridized carbons (Fsp3) is 0.188. The molecule has 0 amide bonds. The van der Waals surface area contributed by atoms with E-state index in [0.29, 0.717) is 11.2 Å². The van der Waals surface area contributed by atoms with Crippen LogP contribution in [0.25, 0.3) is 11.2 Å². The molecule has 0 bridgehead atoms. The number of carboxylic acid groups (broad SMARTS) is 1. The number of aryl methyl sites for hydroxylation is 3. The maximum absolute atomic E-state index is 10.9. The van der Waals surface area contributed by atoms with Gasteiger partial charge in [-0.15, -0.1) is 0 Å². The first-order valence-corrected chi connectivity index (χ1v) is 6.75. The monoisotopic (exact) mass is 281 g/mol. The molecule has 0 saturated carbocycles. The highest BCUT2D eigenvalue weighted by Crippen LogP contribution is 2.13. The molecule has 0 aliphatic heterocycles. The van der Waals surface area contributed by atoms with E-state index in [2.05, 4.69) is 40.1 Å². The van der Waals surface area contributed by atoms with E-state index in [1.54, 1.807) is 6.07 Å². The molecule has 3 aromatic rings. The Morgan fingerprint density at radius 1 is 1.29 bits per heavy atom. The van der Waals surface area contributed by atoms with Crippen LogP contribution in [0, 0.1) is 6.92 Å². The van der Waals surface area contributed by atoms with E-state index >= 15 is 0 Å². The Hall–Kier alpha value is -2.69. The van der Waals surface area contributed by atoms with Crippen LogP contribution >= 0.6 is 0 Å². The van der Waals surface area contributed by atoms with Gasteiger partial charge in [-0.2, -0.15) is 0 Å². The van der Waals surface area contributed by atoms with Crippen LogP contribution in [0.2, 0.25) is 0 Å². The summed E-state index contributed by atoms with van der Waals surface area (Å²) in [6.07, 6.45) is 2.98. The molecule has 0 fully saturated rings. The van der Waals surface area contributed by atoms with Gasteiger partial charge in [-0.05, 0) is 25.0 Å². The Labute approximate surface area is 121 Å². The first kappa shape index (κ1) is 13.3. The van der Waals surface area contributed by atoms with Gasteiger partial charge >= 0.3 is 5.97 Å². The Morgan fingerprint density at radius 2 is 2.14 bits per heavy atom. The van der Waals surface area contributed by atoms with Gasteiger partial charge < -0.3 is 10.1 Å². The van der Waals surface area contributed by atoms with Crippen molar-refractivity contribution in [2.75, 3.05) is 0 Å². The van der Waals surface area contributed by atoms with Crippen LogP contribution in [0.15, 0.2) is 36.5 Å². The third-order valence-corrected chi connectivity index (χ3v) is 3.37. The largest absolute Gasteiger partial charge is 0.478 e. The number of aromatic carboxylic acids is 1. The molecule has 5 nitrogen and oxygen atoms in total. The van der Waals surface area contributed by atoms with Gasteiger partial charge in [0.15, 0.2) is 5.65 Å². The molecule has 21 heavy (non-hydrogen) atoms. The highest BCUT2D eigenvalue weighted by molar-refractivity contribution is 5.90. The van der Waals surface area contributed by atoms with Gasteiger partial charge in [0.2, 0.25) is 0 Å². The van der Waals surface area contributed by atoms with E-state index in [1.807, 2.05) is 6.07 Å². The number of H-pyrrole nitrogens is 1.